The average molecular weight is 358 g/mol. The first-order valence-electron chi connectivity index (χ1n) is 6.53. The molecule has 0 fully saturated rings. The summed E-state index contributed by atoms with van der Waals surface area (Å²) in [6.07, 6.45) is -0.426. The van der Waals surface area contributed by atoms with Crippen LogP contribution in [0.5, 0.6) is 0 Å². The Bertz CT molecular complexity index is 507. The van der Waals surface area contributed by atoms with Crippen molar-refractivity contribution in [3.63, 3.8) is 0 Å². The maximum Gasteiger partial charge on any atom is 0.410 e. The highest BCUT2D eigenvalue weighted by Gasteiger charge is 2.30. The third kappa shape index (κ3) is 5.75. The Labute approximate surface area is 133 Å². The predicted octanol–water partition coefficient (Wildman–Crippen LogP) is 3.31. The maximum absolute atomic E-state index is 12.0. The van der Waals surface area contributed by atoms with Gasteiger partial charge in [-0.2, -0.15) is 0 Å². The largest absolute Gasteiger partial charge is 0.480 e. The fourth-order valence-electron chi connectivity index (χ4n) is 1.69. The fourth-order valence-corrected chi connectivity index (χ4v) is 1.96. The number of benzene rings is 1. The summed E-state index contributed by atoms with van der Waals surface area (Å²) in [6.45, 7) is 5.22. The van der Waals surface area contributed by atoms with Crippen LogP contribution in [0.25, 0.3) is 0 Å². The Morgan fingerprint density at radius 1 is 1.29 bits per heavy atom. The van der Waals surface area contributed by atoms with E-state index >= 15 is 0 Å². The van der Waals surface area contributed by atoms with E-state index in [1.807, 2.05) is 24.3 Å². The van der Waals surface area contributed by atoms with Crippen molar-refractivity contribution in [1.82, 2.24) is 4.90 Å². The molecule has 21 heavy (non-hydrogen) atoms. The molecule has 0 spiro atoms. The van der Waals surface area contributed by atoms with Crippen LogP contribution in [0.4, 0.5) is 4.79 Å². The minimum absolute atomic E-state index is 0.221. The second-order valence-electron chi connectivity index (χ2n) is 5.78. The van der Waals surface area contributed by atoms with Crippen molar-refractivity contribution in [3.05, 3.63) is 34.3 Å². The molecule has 0 heterocycles. The van der Waals surface area contributed by atoms with Crippen LogP contribution in [-0.4, -0.2) is 40.8 Å². The molecule has 1 atom stereocenters. The highest BCUT2D eigenvalue weighted by Crippen LogP contribution is 2.16. The van der Waals surface area contributed by atoms with E-state index in [1.54, 1.807) is 20.8 Å². The number of amides is 1. The molecule has 0 radical (unpaired) electrons. The van der Waals surface area contributed by atoms with Gasteiger partial charge < -0.3 is 9.84 Å². The van der Waals surface area contributed by atoms with Gasteiger partial charge in [0.25, 0.3) is 0 Å². The molecule has 1 aromatic carbocycles. The predicted molar refractivity (Wildman–Crippen MR) is 83.3 cm³/mol. The maximum atomic E-state index is 12.0. The van der Waals surface area contributed by atoms with Gasteiger partial charge in [-0.15, -0.1) is 0 Å². The molecule has 0 aromatic heterocycles. The quantitative estimate of drug-likeness (QED) is 0.897. The Morgan fingerprint density at radius 3 is 2.24 bits per heavy atom. The summed E-state index contributed by atoms with van der Waals surface area (Å²) >= 11 is 3.32. The van der Waals surface area contributed by atoms with Gasteiger partial charge in [-0.25, -0.2) is 9.59 Å². The van der Waals surface area contributed by atoms with Gasteiger partial charge in [-0.05, 0) is 38.5 Å². The Kier molecular flexibility index (Phi) is 5.78. The number of hydrogen-bond donors (Lipinski definition) is 1. The van der Waals surface area contributed by atoms with Crippen LogP contribution in [0, 0.1) is 0 Å². The summed E-state index contributed by atoms with van der Waals surface area (Å²) in [5.41, 5.74) is 0.174. The Morgan fingerprint density at radius 2 is 1.81 bits per heavy atom. The number of ether oxygens (including phenoxy) is 1. The first-order chi connectivity index (χ1) is 9.60. The van der Waals surface area contributed by atoms with Gasteiger partial charge in [0.15, 0.2) is 0 Å². The lowest BCUT2D eigenvalue weighted by atomic mass is 10.1. The first-order valence-corrected chi connectivity index (χ1v) is 7.32. The minimum Gasteiger partial charge on any atom is -0.480 e. The Balaban J connectivity index is 2.83. The molecule has 0 aliphatic carbocycles. The first kappa shape index (κ1) is 17.5. The van der Waals surface area contributed by atoms with Gasteiger partial charge in [0.1, 0.15) is 11.6 Å². The van der Waals surface area contributed by atoms with Crippen LogP contribution in [0.3, 0.4) is 0 Å². The van der Waals surface area contributed by atoms with Crippen molar-refractivity contribution in [2.45, 2.75) is 38.8 Å². The van der Waals surface area contributed by atoms with Crippen molar-refractivity contribution < 1.29 is 19.4 Å². The van der Waals surface area contributed by atoms with Crippen LogP contribution in [0.15, 0.2) is 28.7 Å². The molecule has 0 saturated heterocycles. The fraction of sp³-hybridized carbons (Fsp3) is 0.467. The molecular weight excluding hydrogens is 338 g/mol. The van der Waals surface area contributed by atoms with Gasteiger partial charge in [0, 0.05) is 17.9 Å². The number of aliphatic carboxylic acids is 1. The zero-order valence-corrected chi connectivity index (χ0v) is 14.2. The molecule has 116 valence electrons. The number of carbonyl (C=O) groups excluding carboxylic acids is 1. The van der Waals surface area contributed by atoms with Crippen molar-refractivity contribution >= 4 is 28.0 Å². The van der Waals surface area contributed by atoms with Crippen LogP contribution in [0.2, 0.25) is 0 Å². The van der Waals surface area contributed by atoms with Gasteiger partial charge in [-0.3, -0.25) is 4.90 Å². The van der Waals surface area contributed by atoms with Gasteiger partial charge >= 0.3 is 12.1 Å². The Hall–Kier alpha value is -1.56. The van der Waals surface area contributed by atoms with E-state index in [-0.39, 0.29) is 6.42 Å². The minimum atomic E-state index is -1.06. The molecule has 1 unspecified atom stereocenters. The normalized spacial score (nSPS) is 12.6. The smallest absolute Gasteiger partial charge is 0.410 e. The van der Waals surface area contributed by atoms with Crippen molar-refractivity contribution in [3.8, 4) is 0 Å². The second-order valence-corrected chi connectivity index (χ2v) is 6.69. The number of likely N-dealkylation sites (N-methyl/N-ethyl adjacent to an activating group) is 1. The summed E-state index contributed by atoms with van der Waals surface area (Å²) in [5, 5.41) is 9.35. The lowest BCUT2D eigenvalue weighted by Crippen LogP contribution is -2.46. The van der Waals surface area contributed by atoms with Crippen molar-refractivity contribution in [2.24, 2.45) is 0 Å². The number of carboxylic acid groups (broad SMARTS) is 1. The molecular formula is C15H20BrNO4. The number of rotatable bonds is 4. The lowest BCUT2D eigenvalue weighted by molar-refractivity contribution is -0.142. The molecule has 5 nitrogen and oxygen atoms in total. The van der Waals surface area contributed by atoms with E-state index in [0.717, 1.165) is 14.9 Å². The van der Waals surface area contributed by atoms with Crippen molar-refractivity contribution in [1.29, 1.82) is 0 Å². The molecule has 1 rings (SSSR count). The lowest BCUT2D eigenvalue weighted by Gasteiger charge is -2.28. The van der Waals surface area contributed by atoms with E-state index in [9.17, 15) is 14.7 Å². The molecule has 1 amide bonds. The molecule has 0 bridgehead atoms. The monoisotopic (exact) mass is 357 g/mol. The highest BCUT2D eigenvalue weighted by molar-refractivity contribution is 9.10. The van der Waals surface area contributed by atoms with E-state index in [0.29, 0.717) is 0 Å². The van der Waals surface area contributed by atoms with Crippen molar-refractivity contribution in [2.75, 3.05) is 7.05 Å². The van der Waals surface area contributed by atoms with Crippen LogP contribution >= 0.6 is 15.9 Å². The second kappa shape index (κ2) is 6.93. The molecule has 0 aliphatic rings. The van der Waals surface area contributed by atoms with Gasteiger partial charge in [0.05, 0.1) is 0 Å². The standard InChI is InChI=1S/C15H20BrNO4/c1-15(2,3)21-14(20)17(4)12(13(18)19)9-10-5-7-11(16)8-6-10/h5-8,12H,9H2,1-4H3,(H,18,19). The summed E-state index contributed by atoms with van der Waals surface area (Å²) in [4.78, 5) is 24.5. The van der Waals surface area contributed by atoms with E-state index in [4.69, 9.17) is 4.74 Å². The number of carboxylic acids is 1. The van der Waals surface area contributed by atoms with E-state index < -0.39 is 23.7 Å². The summed E-state index contributed by atoms with van der Waals surface area (Å²) in [6, 6.07) is 6.34. The third-order valence-corrected chi connectivity index (χ3v) is 3.31. The van der Waals surface area contributed by atoms with Crippen LogP contribution in [0.1, 0.15) is 26.3 Å². The zero-order chi connectivity index (χ0) is 16.2. The van der Waals surface area contributed by atoms with Gasteiger partial charge in [0.2, 0.25) is 0 Å². The number of halogens is 1. The molecule has 6 heteroatoms. The molecule has 0 saturated carbocycles. The van der Waals surface area contributed by atoms with E-state index in [1.165, 1.54) is 7.05 Å². The van der Waals surface area contributed by atoms with E-state index in [2.05, 4.69) is 15.9 Å². The molecule has 1 N–H and O–H groups in total. The number of hydrogen-bond acceptors (Lipinski definition) is 3. The topological polar surface area (TPSA) is 66.8 Å². The SMILES string of the molecule is CN(C(=O)OC(C)(C)C)C(Cc1ccc(Br)cc1)C(=O)O. The highest BCUT2D eigenvalue weighted by atomic mass is 79.9. The van der Waals surface area contributed by atoms with Crippen LogP contribution in [-0.2, 0) is 16.0 Å². The summed E-state index contributed by atoms with van der Waals surface area (Å²) in [5.74, 6) is -1.06. The summed E-state index contributed by atoms with van der Waals surface area (Å²) in [7, 11) is 1.44. The summed E-state index contributed by atoms with van der Waals surface area (Å²) < 4.78 is 6.12. The van der Waals surface area contributed by atoms with Gasteiger partial charge in [-0.1, -0.05) is 28.1 Å². The number of carbonyl (C=O) groups is 2. The van der Waals surface area contributed by atoms with Crippen LogP contribution < -0.4 is 0 Å². The third-order valence-electron chi connectivity index (χ3n) is 2.78. The molecule has 1 aromatic rings. The number of nitrogens with zero attached hydrogens (tertiary/aromatic N) is 1. The zero-order valence-electron chi connectivity index (χ0n) is 12.6. The molecule has 0 aliphatic heterocycles. The average Bonchev–Trinajstić information content (AvgIpc) is 2.34.